The summed E-state index contributed by atoms with van der Waals surface area (Å²) in [5.41, 5.74) is 5.88. The van der Waals surface area contributed by atoms with E-state index in [-0.39, 0.29) is 35.8 Å². The number of unbranched alkanes of at least 4 members (excludes halogenated alkanes) is 1. The summed E-state index contributed by atoms with van der Waals surface area (Å²) >= 11 is 0. The molecule has 3 N–H and O–H groups in total. The van der Waals surface area contributed by atoms with Gasteiger partial charge in [-0.3, -0.25) is 14.4 Å². The number of nitrogens with two attached hydrogens (primary N) is 1. The van der Waals surface area contributed by atoms with Crippen molar-refractivity contribution in [2.24, 2.45) is 17.6 Å². The van der Waals surface area contributed by atoms with Crippen molar-refractivity contribution >= 4 is 23.5 Å². The first-order chi connectivity index (χ1) is 16.6. The summed E-state index contributed by atoms with van der Waals surface area (Å²) in [5, 5.41) is 2.88. The molecule has 8 nitrogen and oxygen atoms in total. The van der Waals surface area contributed by atoms with Crippen molar-refractivity contribution in [2.45, 2.75) is 38.4 Å². The minimum Gasteiger partial charge on any atom is -0.465 e. The van der Waals surface area contributed by atoms with Gasteiger partial charge in [0.15, 0.2) is 17.3 Å². The maximum Gasteiger partial charge on any atom is 0.491 e. The standard InChI is InChI=1S/C24H25F3N2O6/c1-2-16(28)22(32)34-12-6-5-11-29-19-17(35-23(33)24(25,26)27)10-9-15-18(19)21(31)14-8-4-3-7-13(14)20(15)30/h3-4,7-10,15-16,18,29H,2,5-6,11-12,28H2,1H3/t15-,16-,18-/m0/s1. The number of ketones is 2. The molecule has 0 radical (unpaired) electrons. The Balaban J connectivity index is 1.78. The fourth-order valence-electron chi connectivity index (χ4n) is 3.86. The molecule has 1 aromatic carbocycles. The first-order valence-electron chi connectivity index (χ1n) is 11.1. The highest BCUT2D eigenvalue weighted by Gasteiger charge is 2.47. The Hall–Kier alpha value is -3.47. The Morgan fingerprint density at radius 3 is 2.40 bits per heavy atom. The van der Waals surface area contributed by atoms with Crippen LogP contribution in [0.25, 0.3) is 0 Å². The summed E-state index contributed by atoms with van der Waals surface area (Å²) in [6.07, 6.45) is -1.63. The van der Waals surface area contributed by atoms with Gasteiger partial charge >= 0.3 is 18.1 Å². The van der Waals surface area contributed by atoms with E-state index < -0.39 is 47.5 Å². The van der Waals surface area contributed by atoms with Crippen LogP contribution < -0.4 is 11.1 Å². The van der Waals surface area contributed by atoms with Gasteiger partial charge in [0.2, 0.25) is 0 Å². The molecule has 0 spiro atoms. The van der Waals surface area contributed by atoms with Gasteiger partial charge < -0.3 is 20.5 Å². The molecule has 11 heteroatoms. The lowest BCUT2D eigenvalue weighted by atomic mass is 9.70. The molecule has 0 saturated heterocycles. The molecule has 0 bridgehead atoms. The van der Waals surface area contributed by atoms with Crippen LogP contribution in [0.4, 0.5) is 13.2 Å². The monoisotopic (exact) mass is 494 g/mol. The number of carbonyl (C=O) groups excluding carboxylic acids is 4. The summed E-state index contributed by atoms with van der Waals surface area (Å²) in [6.45, 7) is 1.98. The van der Waals surface area contributed by atoms with Gasteiger partial charge in [0.1, 0.15) is 6.04 Å². The van der Waals surface area contributed by atoms with E-state index in [1.807, 2.05) is 0 Å². The molecule has 0 amide bonds. The second-order valence-corrected chi connectivity index (χ2v) is 8.12. The number of rotatable bonds is 9. The lowest BCUT2D eigenvalue weighted by Gasteiger charge is -2.34. The van der Waals surface area contributed by atoms with E-state index in [9.17, 15) is 32.3 Å². The number of nitrogens with one attached hydrogen (secondary N) is 1. The summed E-state index contributed by atoms with van der Waals surface area (Å²) in [7, 11) is 0. The van der Waals surface area contributed by atoms with E-state index in [2.05, 4.69) is 10.1 Å². The van der Waals surface area contributed by atoms with Crippen LogP contribution in [0.3, 0.4) is 0 Å². The average Bonchev–Trinajstić information content (AvgIpc) is 2.83. The van der Waals surface area contributed by atoms with E-state index in [0.717, 1.165) is 6.08 Å². The van der Waals surface area contributed by atoms with Crippen LogP contribution in [0.5, 0.6) is 0 Å². The number of hydrogen-bond donors (Lipinski definition) is 2. The zero-order valence-corrected chi connectivity index (χ0v) is 18.9. The molecule has 2 aliphatic carbocycles. The Labute approximate surface area is 199 Å². The Morgan fingerprint density at radius 1 is 1.11 bits per heavy atom. The lowest BCUT2D eigenvalue weighted by molar-refractivity contribution is -0.195. The Bertz CT molecular complexity index is 1080. The summed E-state index contributed by atoms with van der Waals surface area (Å²) in [4.78, 5) is 49.3. The number of halogens is 3. The molecule has 0 aromatic heterocycles. The minimum absolute atomic E-state index is 0.0760. The molecule has 1 aromatic rings. The molecule has 0 fully saturated rings. The largest absolute Gasteiger partial charge is 0.491 e. The van der Waals surface area contributed by atoms with E-state index in [4.69, 9.17) is 10.5 Å². The first kappa shape index (κ1) is 26.1. The van der Waals surface area contributed by atoms with Crippen molar-refractivity contribution < 1.29 is 41.8 Å². The normalized spacial score (nSPS) is 20.1. The highest BCUT2D eigenvalue weighted by atomic mass is 19.4. The van der Waals surface area contributed by atoms with Gasteiger partial charge in [-0.2, -0.15) is 13.2 Å². The first-order valence-corrected chi connectivity index (χ1v) is 11.1. The van der Waals surface area contributed by atoms with Crippen LogP contribution >= 0.6 is 0 Å². The number of allylic oxidation sites excluding steroid dienone is 3. The number of benzene rings is 1. The lowest BCUT2D eigenvalue weighted by Crippen LogP contribution is -2.43. The number of alkyl halides is 3. The van der Waals surface area contributed by atoms with Crippen LogP contribution in [-0.4, -0.2) is 48.9 Å². The van der Waals surface area contributed by atoms with Gasteiger partial charge in [0.05, 0.1) is 24.1 Å². The van der Waals surface area contributed by atoms with Crippen molar-refractivity contribution in [3.05, 3.63) is 59.0 Å². The molecule has 0 aliphatic heterocycles. The highest BCUT2D eigenvalue weighted by molar-refractivity contribution is 6.17. The Morgan fingerprint density at radius 2 is 1.77 bits per heavy atom. The van der Waals surface area contributed by atoms with Crippen molar-refractivity contribution in [1.29, 1.82) is 0 Å². The zero-order valence-electron chi connectivity index (χ0n) is 18.9. The van der Waals surface area contributed by atoms with Crippen LogP contribution in [-0.2, 0) is 19.1 Å². The van der Waals surface area contributed by atoms with Crippen LogP contribution in [0.15, 0.2) is 47.9 Å². The zero-order chi connectivity index (χ0) is 25.8. The topological polar surface area (TPSA) is 125 Å². The van der Waals surface area contributed by atoms with Gasteiger partial charge in [-0.25, -0.2) is 4.79 Å². The van der Waals surface area contributed by atoms with E-state index >= 15 is 0 Å². The molecular formula is C24H25F3N2O6. The van der Waals surface area contributed by atoms with E-state index in [1.165, 1.54) is 18.2 Å². The van der Waals surface area contributed by atoms with Gasteiger partial charge in [-0.15, -0.1) is 0 Å². The Kier molecular flexibility index (Phi) is 8.11. The number of fused-ring (bicyclic) bond motifs is 2. The fraction of sp³-hybridized carbons (Fsp3) is 0.417. The smallest absolute Gasteiger partial charge is 0.465 e. The average molecular weight is 494 g/mol. The van der Waals surface area contributed by atoms with E-state index in [1.54, 1.807) is 19.1 Å². The second-order valence-electron chi connectivity index (χ2n) is 8.12. The maximum atomic E-state index is 13.2. The third-order valence-electron chi connectivity index (χ3n) is 5.74. The number of hydrogen-bond acceptors (Lipinski definition) is 8. The van der Waals surface area contributed by atoms with Gasteiger partial charge in [-0.1, -0.05) is 37.3 Å². The molecule has 0 heterocycles. The maximum absolute atomic E-state index is 13.2. The number of Topliss-reactive ketones (excluding diaryl/α,β-unsaturated/α-hetero) is 2. The predicted octanol–water partition coefficient (Wildman–Crippen LogP) is 2.84. The third-order valence-corrected chi connectivity index (χ3v) is 5.74. The molecule has 3 atom stereocenters. The van der Waals surface area contributed by atoms with Crippen LogP contribution in [0.1, 0.15) is 46.9 Å². The quantitative estimate of drug-likeness (QED) is 0.397. The van der Waals surface area contributed by atoms with Crippen LogP contribution in [0.2, 0.25) is 0 Å². The highest BCUT2D eigenvalue weighted by Crippen LogP contribution is 2.39. The van der Waals surface area contributed by atoms with Gasteiger partial charge in [-0.05, 0) is 25.3 Å². The number of carbonyl (C=O) groups is 4. The molecular weight excluding hydrogens is 469 g/mol. The molecule has 2 aliphatic rings. The summed E-state index contributed by atoms with van der Waals surface area (Å²) in [6, 6.07) is 5.46. The minimum atomic E-state index is -5.25. The van der Waals surface area contributed by atoms with E-state index in [0.29, 0.717) is 19.3 Å². The number of esters is 2. The molecule has 3 rings (SSSR count). The third kappa shape index (κ3) is 5.79. The van der Waals surface area contributed by atoms with Crippen molar-refractivity contribution in [3.63, 3.8) is 0 Å². The predicted molar refractivity (Wildman–Crippen MR) is 117 cm³/mol. The number of ether oxygens (including phenoxy) is 2. The fourth-order valence-corrected chi connectivity index (χ4v) is 3.86. The second kappa shape index (κ2) is 10.9. The van der Waals surface area contributed by atoms with Gasteiger partial charge in [0.25, 0.3) is 0 Å². The molecule has 0 saturated carbocycles. The SMILES string of the molecule is CC[C@H](N)C(=O)OCCCCNC1=C(OC(=O)C(F)(F)F)C=C[C@@H]2C(=O)c3ccccc3C(=O)[C@H]12. The molecule has 35 heavy (non-hydrogen) atoms. The summed E-state index contributed by atoms with van der Waals surface area (Å²) < 4.78 is 48.1. The van der Waals surface area contributed by atoms with Gasteiger partial charge in [0, 0.05) is 17.7 Å². The van der Waals surface area contributed by atoms with Crippen molar-refractivity contribution in [3.8, 4) is 0 Å². The summed E-state index contributed by atoms with van der Waals surface area (Å²) in [5.74, 6) is -6.40. The van der Waals surface area contributed by atoms with Crippen molar-refractivity contribution in [2.75, 3.05) is 13.2 Å². The molecule has 188 valence electrons. The van der Waals surface area contributed by atoms with Crippen LogP contribution in [0, 0.1) is 11.8 Å². The van der Waals surface area contributed by atoms with Crippen molar-refractivity contribution in [1.82, 2.24) is 5.32 Å². The molecule has 0 unspecified atom stereocenters.